The van der Waals surface area contributed by atoms with E-state index in [2.05, 4.69) is 179 Å². The molecule has 2 aromatic heterocycles. The van der Waals surface area contributed by atoms with Crippen LogP contribution in [-0.4, -0.2) is 9.13 Å². The van der Waals surface area contributed by atoms with Gasteiger partial charge in [0.25, 0.3) is 0 Å². The predicted molar refractivity (Wildman–Crippen MR) is 196 cm³/mol. The van der Waals surface area contributed by atoms with Crippen LogP contribution in [-0.2, 0) is 0 Å². The molecule has 0 aliphatic heterocycles. The lowest BCUT2D eigenvalue weighted by Crippen LogP contribution is -1.95. The van der Waals surface area contributed by atoms with E-state index in [0.717, 1.165) is 0 Å². The van der Waals surface area contributed by atoms with Gasteiger partial charge in [0.05, 0.1) is 27.8 Å². The number of hydrogen-bond acceptors (Lipinski definition) is 0. The second-order valence-corrected chi connectivity index (χ2v) is 12.2. The van der Waals surface area contributed by atoms with Crippen LogP contribution < -0.4 is 0 Å². The van der Waals surface area contributed by atoms with Gasteiger partial charge in [-0.1, -0.05) is 115 Å². The van der Waals surface area contributed by atoms with Crippen LogP contribution in [0.25, 0.3) is 87.7 Å². The first kappa shape index (κ1) is 25.2. The normalized spacial score (nSPS) is 11.9. The highest BCUT2D eigenvalue weighted by Gasteiger charge is 2.17. The average Bonchev–Trinajstić information content (AvgIpc) is 3.64. The molecule has 0 saturated heterocycles. The van der Waals surface area contributed by atoms with E-state index in [4.69, 9.17) is 0 Å². The number of rotatable bonds is 3. The van der Waals surface area contributed by atoms with Gasteiger partial charge in [-0.25, -0.2) is 0 Å². The SMILES string of the molecule is c1ccc(-n2c3ccccc3c3cc(-c4ccc5c(c4)c4ccccc4n5-c4cccc5c4ccc4ccccc45)ccc32)cc1. The Morgan fingerprint density at radius 1 is 0.283 bits per heavy atom. The van der Waals surface area contributed by atoms with Crippen LogP contribution in [0, 0.1) is 0 Å². The molecule has 0 bridgehead atoms. The molecule has 46 heavy (non-hydrogen) atoms. The molecule has 10 aromatic rings. The zero-order chi connectivity index (χ0) is 30.2. The molecule has 0 fully saturated rings. The summed E-state index contributed by atoms with van der Waals surface area (Å²) in [5, 5.41) is 10.1. The number of nitrogens with zero attached hydrogens (tertiary/aromatic N) is 2. The quantitative estimate of drug-likeness (QED) is 0.183. The Balaban J connectivity index is 1.20. The molecule has 0 unspecified atom stereocenters. The van der Waals surface area contributed by atoms with Crippen molar-refractivity contribution in [3.63, 3.8) is 0 Å². The third kappa shape index (κ3) is 3.59. The highest BCUT2D eigenvalue weighted by Crippen LogP contribution is 2.39. The second kappa shape index (κ2) is 9.69. The maximum absolute atomic E-state index is 2.45. The molecular formula is C44H28N2. The Morgan fingerprint density at radius 2 is 0.826 bits per heavy atom. The van der Waals surface area contributed by atoms with E-state index in [1.54, 1.807) is 0 Å². The number of hydrogen-bond donors (Lipinski definition) is 0. The van der Waals surface area contributed by atoms with Gasteiger partial charge in [0, 0.05) is 32.6 Å². The first-order valence-electron chi connectivity index (χ1n) is 15.9. The lowest BCUT2D eigenvalue weighted by atomic mass is 10.00. The summed E-state index contributed by atoms with van der Waals surface area (Å²) in [7, 11) is 0. The van der Waals surface area contributed by atoms with Gasteiger partial charge in [-0.3, -0.25) is 0 Å². The van der Waals surface area contributed by atoms with Crippen molar-refractivity contribution in [3.05, 3.63) is 170 Å². The minimum Gasteiger partial charge on any atom is -0.309 e. The monoisotopic (exact) mass is 584 g/mol. The number of para-hydroxylation sites is 3. The molecule has 0 radical (unpaired) electrons. The maximum Gasteiger partial charge on any atom is 0.0541 e. The van der Waals surface area contributed by atoms with Crippen molar-refractivity contribution < 1.29 is 0 Å². The molecule has 0 aliphatic carbocycles. The van der Waals surface area contributed by atoms with Gasteiger partial charge in [0.1, 0.15) is 0 Å². The van der Waals surface area contributed by atoms with Crippen molar-refractivity contribution >= 4 is 65.2 Å². The molecule has 0 amide bonds. The van der Waals surface area contributed by atoms with Gasteiger partial charge in [0.15, 0.2) is 0 Å². The molecular weight excluding hydrogens is 556 g/mol. The third-order valence-corrected chi connectivity index (χ3v) is 9.70. The van der Waals surface area contributed by atoms with Crippen molar-refractivity contribution in [2.24, 2.45) is 0 Å². The van der Waals surface area contributed by atoms with Crippen LogP contribution >= 0.6 is 0 Å². The Bertz CT molecular complexity index is 2800. The van der Waals surface area contributed by atoms with Crippen LogP contribution in [0.2, 0.25) is 0 Å². The average molecular weight is 585 g/mol. The van der Waals surface area contributed by atoms with E-state index in [1.165, 1.54) is 87.7 Å². The van der Waals surface area contributed by atoms with Crippen LogP contribution in [0.5, 0.6) is 0 Å². The molecule has 2 heteroatoms. The Hall–Kier alpha value is -6.12. The van der Waals surface area contributed by atoms with Crippen LogP contribution in [0.1, 0.15) is 0 Å². The maximum atomic E-state index is 2.45. The molecule has 0 N–H and O–H groups in total. The fourth-order valence-corrected chi connectivity index (χ4v) is 7.64. The first-order chi connectivity index (χ1) is 22.8. The summed E-state index contributed by atoms with van der Waals surface area (Å²) in [5.74, 6) is 0. The van der Waals surface area contributed by atoms with E-state index in [0.29, 0.717) is 0 Å². The minimum absolute atomic E-state index is 1.18. The molecule has 8 aromatic carbocycles. The summed E-state index contributed by atoms with van der Waals surface area (Å²) in [6, 6.07) is 62.0. The molecule has 0 aliphatic rings. The fraction of sp³-hybridized carbons (Fsp3) is 0. The highest BCUT2D eigenvalue weighted by atomic mass is 15.0. The van der Waals surface area contributed by atoms with Gasteiger partial charge < -0.3 is 9.13 Å². The Morgan fingerprint density at radius 3 is 1.54 bits per heavy atom. The van der Waals surface area contributed by atoms with Crippen LogP contribution in [0.3, 0.4) is 0 Å². The Kier molecular flexibility index (Phi) is 5.31. The predicted octanol–water partition coefficient (Wildman–Crippen LogP) is 11.9. The third-order valence-electron chi connectivity index (χ3n) is 9.70. The number of aromatic nitrogens is 2. The van der Waals surface area contributed by atoms with Crippen molar-refractivity contribution in [2.75, 3.05) is 0 Å². The molecule has 10 rings (SSSR count). The van der Waals surface area contributed by atoms with Crippen molar-refractivity contribution in [2.45, 2.75) is 0 Å². The van der Waals surface area contributed by atoms with Gasteiger partial charge in [-0.05, 0) is 81.9 Å². The standard InChI is InChI=1S/C44H28N2/c1-2-12-32(13-3-1)45-40-18-8-6-15-35(40)38-27-30(22-25-43(38)45)31-23-26-44-39(28-31)36-16-7-9-19-41(36)46(44)42-20-10-17-34-33-14-5-4-11-29(33)21-24-37(34)42/h1-28H. The van der Waals surface area contributed by atoms with Crippen LogP contribution in [0.15, 0.2) is 170 Å². The van der Waals surface area contributed by atoms with Gasteiger partial charge in [-0.2, -0.15) is 0 Å². The highest BCUT2D eigenvalue weighted by molar-refractivity contribution is 6.15. The van der Waals surface area contributed by atoms with Crippen molar-refractivity contribution in [1.82, 2.24) is 9.13 Å². The van der Waals surface area contributed by atoms with E-state index in [-0.39, 0.29) is 0 Å². The lowest BCUT2D eigenvalue weighted by Gasteiger charge is -2.13. The zero-order valence-electron chi connectivity index (χ0n) is 25.1. The molecule has 214 valence electrons. The largest absolute Gasteiger partial charge is 0.309 e. The summed E-state index contributed by atoms with van der Waals surface area (Å²) in [6.07, 6.45) is 0. The Labute approximate surface area is 266 Å². The van der Waals surface area contributed by atoms with Crippen LogP contribution in [0.4, 0.5) is 0 Å². The second-order valence-electron chi connectivity index (χ2n) is 12.2. The molecule has 2 heterocycles. The summed E-state index contributed by atoms with van der Waals surface area (Å²) in [4.78, 5) is 0. The van der Waals surface area contributed by atoms with Gasteiger partial charge in [0.2, 0.25) is 0 Å². The smallest absolute Gasteiger partial charge is 0.0541 e. The molecule has 0 saturated carbocycles. The van der Waals surface area contributed by atoms with E-state index >= 15 is 0 Å². The summed E-state index contributed by atoms with van der Waals surface area (Å²) in [6.45, 7) is 0. The fourth-order valence-electron chi connectivity index (χ4n) is 7.64. The molecule has 0 spiro atoms. The van der Waals surface area contributed by atoms with Crippen molar-refractivity contribution in [3.8, 4) is 22.5 Å². The molecule has 0 atom stereocenters. The van der Waals surface area contributed by atoms with Gasteiger partial charge >= 0.3 is 0 Å². The minimum atomic E-state index is 1.18. The van der Waals surface area contributed by atoms with E-state index in [9.17, 15) is 0 Å². The first-order valence-corrected chi connectivity index (χ1v) is 15.9. The number of fused-ring (bicyclic) bond motifs is 9. The van der Waals surface area contributed by atoms with Gasteiger partial charge in [-0.15, -0.1) is 0 Å². The summed E-state index contributed by atoms with van der Waals surface area (Å²) in [5.41, 5.74) is 9.70. The molecule has 2 nitrogen and oxygen atoms in total. The number of benzene rings is 8. The lowest BCUT2D eigenvalue weighted by molar-refractivity contribution is 1.18. The van der Waals surface area contributed by atoms with E-state index in [1.807, 2.05) is 0 Å². The summed E-state index contributed by atoms with van der Waals surface area (Å²) >= 11 is 0. The van der Waals surface area contributed by atoms with E-state index < -0.39 is 0 Å². The zero-order valence-corrected chi connectivity index (χ0v) is 25.1. The summed E-state index contributed by atoms with van der Waals surface area (Å²) < 4.78 is 4.82. The topological polar surface area (TPSA) is 9.86 Å². The van der Waals surface area contributed by atoms with Crippen molar-refractivity contribution in [1.29, 1.82) is 0 Å².